The summed E-state index contributed by atoms with van der Waals surface area (Å²) in [7, 11) is 0. The number of aryl methyl sites for hydroxylation is 2. The number of amides is 1. The Morgan fingerprint density at radius 1 is 1.43 bits per heavy atom. The number of aliphatic hydroxyl groups is 1. The number of anilines is 1. The van der Waals surface area contributed by atoms with Crippen molar-refractivity contribution in [3.05, 3.63) is 51.7 Å². The van der Waals surface area contributed by atoms with Crippen LogP contribution in [0.15, 0.2) is 35.7 Å². The SMILES string of the molecule is Cc1ccc2c(c1)C(O)CCN2C(=O)CCc1cccs1. The van der Waals surface area contributed by atoms with Crippen molar-refractivity contribution in [3.63, 3.8) is 0 Å². The molecule has 1 aromatic carbocycles. The van der Waals surface area contributed by atoms with Gasteiger partial charge in [0.15, 0.2) is 0 Å². The number of thiophene rings is 1. The van der Waals surface area contributed by atoms with E-state index >= 15 is 0 Å². The molecule has 1 unspecified atom stereocenters. The lowest BCUT2D eigenvalue weighted by Gasteiger charge is -2.32. The van der Waals surface area contributed by atoms with E-state index in [1.807, 2.05) is 41.5 Å². The van der Waals surface area contributed by atoms with Gasteiger partial charge in [-0.1, -0.05) is 23.8 Å². The summed E-state index contributed by atoms with van der Waals surface area (Å²) >= 11 is 1.69. The predicted octanol–water partition coefficient (Wildman–Crippen LogP) is 3.46. The minimum Gasteiger partial charge on any atom is -0.388 e. The molecular formula is C17H19NO2S. The largest absolute Gasteiger partial charge is 0.388 e. The van der Waals surface area contributed by atoms with Crippen LogP contribution >= 0.6 is 11.3 Å². The van der Waals surface area contributed by atoms with E-state index in [1.165, 1.54) is 4.88 Å². The fourth-order valence-corrected chi connectivity index (χ4v) is 3.50. The van der Waals surface area contributed by atoms with Gasteiger partial charge in [0, 0.05) is 29.1 Å². The number of aliphatic hydroxyl groups excluding tert-OH is 1. The van der Waals surface area contributed by atoms with E-state index in [0.29, 0.717) is 19.4 Å². The number of rotatable bonds is 3. The van der Waals surface area contributed by atoms with Gasteiger partial charge in [-0.15, -0.1) is 11.3 Å². The molecule has 0 aliphatic carbocycles. The van der Waals surface area contributed by atoms with Crippen molar-refractivity contribution in [3.8, 4) is 0 Å². The third-order valence-electron chi connectivity index (χ3n) is 3.93. The van der Waals surface area contributed by atoms with Gasteiger partial charge in [-0.25, -0.2) is 0 Å². The zero-order chi connectivity index (χ0) is 14.8. The van der Waals surface area contributed by atoms with Crippen molar-refractivity contribution >= 4 is 22.9 Å². The summed E-state index contributed by atoms with van der Waals surface area (Å²) in [6.07, 6.45) is 1.46. The van der Waals surface area contributed by atoms with Gasteiger partial charge >= 0.3 is 0 Å². The highest BCUT2D eigenvalue weighted by atomic mass is 32.1. The van der Waals surface area contributed by atoms with Crippen LogP contribution in [0.4, 0.5) is 5.69 Å². The number of hydrogen-bond acceptors (Lipinski definition) is 3. The van der Waals surface area contributed by atoms with Gasteiger partial charge in [0.05, 0.1) is 6.10 Å². The van der Waals surface area contributed by atoms with Crippen molar-refractivity contribution in [1.29, 1.82) is 0 Å². The van der Waals surface area contributed by atoms with Crippen LogP contribution in [-0.2, 0) is 11.2 Å². The van der Waals surface area contributed by atoms with Crippen LogP contribution in [0.25, 0.3) is 0 Å². The third-order valence-corrected chi connectivity index (χ3v) is 4.86. The first kappa shape index (κ1) is 14.3. The zero-order valence-corrected chi connectivity index (χ0v) is 12.9. The van der Waals surface area contributed by atoms with Crippen LogP contribution in [0.2, 0.25) is 0 Å². The monoisotopic (exact) mass is 301 g/mol. The Hall–Kier alpha value is -1.65. The Balaban J connectivity index is 1.77. The van der Waals surface area contributed by atoms with Crippen LogP contribution in [0.3, 0.4) is 0 Å². The summed E-state index contributed by atoms with van der Waals surface area (Å²) < 4.78 is 0. The molecule has 1 aliphatic heterocycles. The second-order valence-electron chi connectivity index (χ2n) is 5.49. The fourth-order valence-electron chi connectivity index (χ4n) is 2.79. The van der Waals surface area contributed by atoms with Crippen LogP contribution < -0.4 is 4.90 Å². The van der Waals surface area contributed by atoms with Gasteiger partial charge in [-0.05, 0) is 37.3 Å². The molecule has 0 saturated carbocycles. The number of carbonyl (C=O) groups excluding carboxylic acids is 1. The summed E-state index contributed by atoms with van der Waals surface area (Å²) in [5.41, 5.74) is 2.86. The van der Waals surface area contributed by atoms with Crippen molar-refractivity contribution in [2.75, 3.05) is 11.4 Å². The quantitative estimate of drug-likeness (QED) is 0.943. The summed E-state index contributed by atoms with van der Waals surface area (Å²) in [6.45, 7) is 2.60. The summed E-state index contributed by atoms with van der Waals surface area (Å²) in [6, 6.07) is 10.0. The molecule has 0 radical (unpaired) electrons. The van der Waals surface area contributed by atoms with Gasteiger partial charge in [-0.3, -0.25) is 4.79 Å². The fraction of sp³-hybridized carbons (Fsp3) is 0.353. The Labute approximate surface area is 128 Å². The summed E-state index contributed by atoms with van der Waals surface area (Å²) in [5.74, 6) is 0.139. The van der Waals surface area contributed by atoms with Crippen molar-refractivity contribution in [1.82, 2.24) is 0 Å². The third kappa shape index (κ3) is 3.01. The summed E-state index contributed by atoms with van der Waals surface area (Å²) in [5, 5.41) is 12.2. The Bertz CT molecular complexity index is 636. The Morgan fingerprint density at radius 2 is 2.29 bits per heavy atom. The Morgan fingerprint density at radius 3 is 3.05 bits per heavy atom. The lowest BCUT2D eigenvalue weighted by molar-refractivity contribution is -0.118. The molecule has 0 bridgehead atoms. The average Bonchev–Trinajstić information content (AvgIpc) is 2.99. The van der Waals surface area contributed by atoms with Gasteiger partial charge in [0.1, 0.15) is 0 Å². The maximum Gasteiger partial charge on any atom is 0.227 e. The van der Waals surface area contributed by atoms with Gasteiger partial charge < -0.3 is 10.0 Å². The van der Waals surface area contributed by atoms with Crippen molar-refractivity contribution < 1.29 is 9.90 Å². The van der Waals surface area contributed by atoms with E-state index < -0.39 is 6.10 Å². The number of nitrogens with zero attached hydrogens (tertiary/aromatic N) is 1. The normalized spacial score (nSPS) is 17.6. The number of hydrogen-bond donors (Lipinski definition) is 1. The molecule has 110 valence electrons. The molecule has 1 N–H and O–H groups in total. The van der Waals surface area contributed by atoms with E-state index in [0.717, 1.165) is 23.2 Å². The highest BCUT2D eigenvalue weighted by Gasteiger charge is 2.27. The maximum absolute atomic E-state index is 12.5. The molecular weight excluding hydrogens is 282 g/mol. The van der Waals surface area contributed by atoms with Gasteiger partial charge in [-0.2, -0.15) is 0 Å². The average molecular weight is 301 g/mol. The van der Waals surface area contributed by atoms with Crippen LogP contribution in [-0.4, -0.2) is 17.6 Å². The summed E-state index contributed by atoms with van der Waals surface area (Å²) in [4.78, 5) is 15.6. The maximum atomic E-state index is 12.5. The van der Waals surface area contributed by atoms with Gasteiger partial charge in [0.2, 0.25) is 5.91 Å². The first-order valence-electron chi connectivity index (χ1n) is 7.26. The number of fused-ring (bicyclic) bond motifs is 1. The minimum atomic E-state index is -0.457. The second kappa shape index (κ2) is 6.00. The molecule has 3 rings (SSSR count). The topological polar surface area (TPSA) is 40.5 Å². The highest BCUT2D eigenvalue weighted by Crippen LogP contribution is 2.34. The lowest BCUT2D eigenvalue weighted by atomic mass is 9.96. The highest BCUT2D eigenvalue weighted by molar-refractivity contribution is 7.09. The van der Waals surface area contributed by atoms with E-state index in [1.54, 1.807) is 11.3 Å². The van der Waals surface area contributed by atoms with Crippen molar-refractivity contribution in [2.24, 2.45) is 0 Å². The Kier molecular flexibility index (Phi) is 4.08. The van der Waals surface area contributed by atoms with E-state index in [-0.39, 0.29) is 5.91 Å². The van der Waals surface area contributed by atoms with Gasteiger partial charge in [0.25, 0.3) is 0 Å². The molecule has 1 amide bonds. The number of carbonyl (C=O) groups is 1. The molecule has 2 heterocycles. The molecule has 2 aromatic rings. The van der Waals surface area contributed by atoms with Crippen LogP contribution in [0.5, 0.6) is 0 Å². The molecule has 21 heavy (non-hydrogen) atoms. The molecule has 3 nitrogen and oxygen atoms in total. The first-order valence-corrected chi connectivity index (χ1v) is 8.14. The molecule has 1 aromatic heterocycles. The molecule has 4 heteroatoms. The van der Waals surface area contributed by atoms with Crippen LogP contribution in [0.1, 0.15) is 34.9 Å². The van der Waals surface area contributed by atoms with Crippen LogP contribution in [0, 0.1) is 6.92 Å². The van der Waals surface area contributed by atoms with E-state index in [9.17, 15) is 9.90 Å². The minimum absolute atomic E-state index is 0.139. The molecule has 0 saturated heterocycles. The predicted molar refractivity (Wildman–Crippen MR) is 85.7 cm³/mol. The molecule has 0 spiro atoms. The molecule has 0 fully saturated rings. The number of benzene rings is 1. The lowest BCUT2D eigenvalue weighted by Crippen LogP contribution is -2.36. The van der Waals surface area contributed by atoms with Crippen molar-refractivity contribution in [2.45, 2.75) is 32.3 Å². The molecule has 1 atom stereocenters. The second-order valence-corrected chi connectivity index (χ2v) is 6.52. The standard InChI is InChI=1S/C17H19NO2S/c1-12-4-6-15-14(11-12)16(19)8-9-18(15)17(20)7-5-13-3-2-10-21-13/h2-4,6,10-11,16,19H,5,7-9H2,1H3. The van der Waals surface area contributed by atoms with E-state index in [2.05, 4.69) is 6.07 Å². The first-order chi connectivity index (χ1) is 10.1. The molecule has 1 aliphatic rings. The van der Waals surface area contributed by atoms with E-state index in [4.69, 9.17) is 0 Å². The smallest absolute Gasteiger partial charge is 0.227 e. The zero-order valence-electron chi connectivity index (χ0n) is 12.1.